The van der Waals surface area contributed by atoms with Gasteiger partial charge in [-0.1, -0.05) is 12.1 Å². The van der Waals surface area contributed by atoms with E-state index in [4.69, 9.17) is 9.47 Å². The lowest BCUT2D eigenvalue weighted by Gasteiger charge is -2.32. The van der Waals surface area contributed by atoms with Crippen molar-refractivity contribution in [2.45, 2.75) is 24.0 Å². The second-order valence-electron chi connectivity index (χ2n) is 5.43. The summed E-state index contributed by atoms with van der Waals surface area (Å²) in [7, 11) is -1.42. The molecule has 1 saturated heterocycles. The second kappa shape index (κ2) is 7.35. The smallest absolute Gasteiger partial charge is 0.175 e. The van der Waals surface area contributed by atoms with Crippen LogP contribution in [-0.4, -0.2) is 59.1 Å². The van der Waals surface area contributed by atoms with E-state index in [-0.39, 0.29) is 6.10 Å². The summed E-state index contributed by atoms with van der Waals surface area (Å²) in [4.78, 5) is 2.70. The summed E-state index contributed by atoms with van der Waals surface area (Å²) in [6.45, 7) is 4.04. The maximum absolute atomic E-state index is 11.4. The molecule has 0 unspecified atom stereocenters. The molecule has 2 rings (SSSR count). The molecule has 1 fully saturated rings. The molecule has 0 amide bonds. The molecule has 1 atom stereocenters. The Morgan fingerprint density at radius 1 is 1.33 bits per heavy atom. The Labute approximate surface area is 126 Å². The number of nitrogens with zero attached hydrogens (tertiary/aromatic N) is 1. The highest BCUT2D eigenvalue weighted by Gasteiger charge is 2.20. The highest BCUT2D eigenvalue weighted by Crippen LogP contribution is 2.15. The minimum Gasteiger partial charge on any atom is -0.385 e. The van der Waals surface area contributed by atoms with E-state index in [1.807, 2.05) is 12.1 Å². The van der Waals surface area contributed by atoms with E-state index in [9.17, 15) is 8.42 Å². The van der Waals surface area contributed by atoms with Crippen LogP contribution in [-0.2, 0) is 25.9 Å². The van der Waals surface area contributed by atoms with Gasteiger partial charge in [-0.15, -0.1) is 0 Å². The first-order valence-electron chi connectivity index (χ1n) is 7.11. The highest BCUT2D eigenvalue weighted by atomic mass is 32.2. The zero-order chi connectivity index (χ0) is 15.3. The first kappa shape index (κ1) is 16.4. The predicted octanol–water partition coefficient (Wildman–Crippen LogP) is 1.33. The van der Waals surface area contributed by atoms with Gasteiger partial charge in [-0.3, -0.25) is 4.90 Å². The van der Waals surface area contributed by atoms with Gasteiger partial charge in [0.2, 0.25) is 0 Å². The molecule has 1 heterocycles. The van der Waals surface area contributed by atoms with Crippen LogP contribution in [0.15, 0.2) is 29.2 Å². The lowest BCUT2D eigenvalue weighted by atomic mass is 10.1. The van der Waals surface area contributed by atoms with Gasteiger partial charge >= 0.3 is 0 Å². The first-order chi connectivity index (χ1) is 9.99. The standard InChI is InChI=1S/C15H23NO4S/c1-19-9-7-14-12-16(8-10-20-14)11-13-3-5-15(6-4-13)21(2,17)18/h3-6,14H,7-12H2,1-2H3/t14-/m0/s1. The summed E-state index contributed by atoms with van der Waals surface area (Å²) in [5.41, 5.74) is 1.12. The van der Waals surface area contributed by atoms with Crippen LogP contribution in [0.5, 0.6) is 0 Å². The van der Waals surface area contributed by atoms with E-state index in [1.165, 1.54) is 6.26 Å². The molecule has 5 nitrogen and oxygen atoms in total. The molecule has 1 aromatic rings. The summed E-state index contributed by atoms with van der Waals surface area (Å²) in [6.07, 6.45) is 2.35. The number of benzene rings is 1. The van der Waals surface area contributed by atoms with Crippen molar-refractivity contribution in [1.82, 2.24) is 4.90 Å². The van der Waals surface area contributed by atoms with Crippen LogP contribution in [0, 0.1) is 0 Å². The third-order valence-electron chi connectivity index (χ3n) is 3.62. The van der Waals surface area contributed by atoms with Crippen LogP contribution in [0.1, 0.15) is 12.0 Å². The quantitative estimate of drug-likeness (QED) is 0.793. The van der Waals surface area contributed by atoms with Gasteiger partial charge in [-0.2, -0.15) is 0 Å². The third-order valence-corrected chi connectivity index (χ3v) is 4.75. The Bertz CT molecular complexity index is 541. The average molecular weight is 313 g/mol. The third kappa shape index (κ3) is 5.07. The van der Waals surface area contributed by atoms with Crippen LogP contribution in [0.2, 0.25) is 0 Å². The fraction of sp³-hybridized carbons (Fsp3) is 0.600. The second-order valence-corrected chi connectivity index (χ2v) is 7.44. The number of ether oxygens (including phenoxy) is 2. The van der Waals surface area contributed by atoms with E-state index in [0.717, 1.165) is 38.2 Å². The Balaban J connectivity index is 1.92. The molecule has 0 aliphatic carbocycles. The molecule has 6 heteroatoms. The molecule has 21 heavy (non-hydrogen) atoms. The predicted molar refractivity (Wildman–Crippen MR) is 81.1 cm³/mol. The Hall–Kier alpha value is -0.950. The van der Waals surface area contributed by atoms with Crippen LogP contribution in [0.25, 0.3) is 0 Å². The van der Waals surface area contributed by atoms with Crippen molar-refractivity contribution in [3.05, 3.63) is 29.8 Å². The monoisotopic (exact) mass is 313 g/mol. The SMILES string of the molecule is COCC[C@H]1CN(Cc2ccc(S(C)(=O)=O)cc2)CCO1. The summed E-state index contributed by atoms with van der Waals surface area (Å²) in [6, 6.07) is 7.12. The molecular weight excluding hydrogens is 290 g/mol. The number of hydrogen-bond acceptors (Lipinski definition) is 5. The van der Waals surface area contributed by atoms with Crippen molar-refractivity contribution in [3.63, 3.8) is 0 Å². The number of rotatable bonds is 6. The van der Waals surface area contributed by atoms with Crippen molar-refractivity contribution >= 4 is 9.84 Å². The maximum Gasteiger partial charge on any atom is 0.175 e. The Kier molecular flexibility index (Phi) is 5.75. The minimum atomic E-state index is -3.12. The highest BCUT2D eigenvalue weighted by molar-refractivity contribution is 7.90. The summed E-state index contributed by atoms with van der Waals surface area (Å²) in [5.74, 6) is 0. The van der Waals surface area contributed by atoms with Gasteiger partial charge in [0.25, 0.3) is 0 Å². The molecule has 0 radical (unpaired) electrons. The zero-order valence-corrected chi connectivity index (χ0v) is 13.4. The van der Waals surface area contributed by atoms with Gasteiger partial charge < -0.3 is 9.47 Å². The molecule has 1 aromatic carbocycles. The normalized spacial score (nSPS) is 20.6. The van der Waals surface area contributed by atoms with Gasteiger partial charge in [0.15, 0.2) is 9.84 Å². The number of methoxy groups -OCH3 is 1. The van der Waals surface area contributed by atoms with E-state index in [2.05, 4.69) is 4.90 Å². The first-order valence-corrected chi connectivity index (χ1v) is 9.00. The molecule has 0 saturated carbocycles. The van der Waals surface area contributed by atoms with E-state index >= 15 is 0 Å². The summed E-state index contributed by atoms with van der Waals surface area (Å²) in [5, 5.41) is 0. The maximum atomic E-state index is 11.4. The van der Waals surface area contributed by atoms with Crippen molar-refractivity contribution in [2.24, 2.45) is 0 Å². The van der Waals surface area contributed by atoms with Crippen LogP contribution in [0.4, 0.5) is 0 Å². The molecule has 1 aliphatic heterocycles. The van der Waals surface area contributed by atoms with Crippen LogP contribution in [0.3, 0.4) is 0 Å². The van der Waals surface area contributed by atoms with E-state index in [1.54, 1.807) is 19.2 Å². The lowest BCUT2D eigenvalue weighted by Crippen LogP contribution is -2.42. The van der Waals surface area contributed by atoms with E-state index < -0.39 is 9.84 Å². The molecule has 0 bridgehead atoms. The number of hydrogen-bond donors (Lipinski definition) is 0. The summed E-state index contributed by atoms with van der Waals surface area (Å²) < 4.78 is 33.7. The van der Waals surface area contributed by atoms with E-state index in [0.29, 0.717) is 11.5 Å². The molecule has 118 valence electrons. The lowest BCUT2D eigenvalue weighted by molar-refractivity contribution is -0.0432. The van der Waals surface area contributed by atoms with Gasteiger partial charge in [-0.05, 0) is 24.1 Å². The number of sulfone groups is 1. The topological polar surface area (TPSA) is 55.8 Å². The average Bonchev–Trinajstić information content (AvgIpc) is 2.45. The molecule has 0 N–H and O–H groups in total. The van der Waals surface area contributed by atoms with Crippen molar-refractivity contribution in [3.8, 4) is 0 Å². The van der Waals surface area contributed by atoms with Gasteiger partial charge in [-0.25, -0.2) is 8.42 Å². The Morgan fingerprint density at radius 3 is 2.67 bits per heavy atom. The molecule has 1 aliphatic rings. The van der Waals surface area contributed by atoms with Crippen LogP contribution >= 0.6 is 0 Å². The molecule has 0 spiro atoms. The Morgan fingerprint density at radius 2 is 2.05 bits per heavy atom. The van der Waals surface area contributed by atoms with Crippen LogP contribution < -0.4 is 0 Å². The zero-order valence-electron chi connectivity index (χ0n) is 12.6. The largest absolute Gasteiger partial charge is 0.385 e. The minimum absolute atomic E-state index is 0.217. The van der Waals surface area contributed by atoms with Crippen molar-refractivity contribution in [1.29, 1.82) is 0 Å². The van der Waals surface area contributed by atoms with Gasteiger partial charge in [0, 0.05) is 39.6 Å². The van der Waals surface area contributed by atoms with Gasteiger partial charge in [0.1, 0.15) is 0 Å². The van der Waals surface area contributed by atoms with Gasteiger partial charge in [0.05, 0.1) is 17.6 Å². The molecule has 0 aromatic heterocycles. The molecular formula is C15H23NO4S. The summed E-state index contributed by atoms with van der Waals surface area (Å²) >= 11 is 0. The number of morpholine rings is 1. The fourth-order valence-corrected chi connectivity index (χ4v) is 3.08. The fourth-order valence-electron chi connectivity index (χ4n) is 2.45. The van der Waals surface area contributed by atoms with Crippen molar-refractivity contribution in [2.75, 3.05) is 39.7 Å². The van der Waals surface area contributed by atoms with Crippen molar-refractivity contribution < 1.29 is 17.9 Å².